The standard InChI is InChI=1S/C20H23O5P/c1-3-24-19(21)15-18(20(22)25-4-2)26(23,16-11-7-5-8-12-16)17-13-9-6-10-14-17/h5-14,18H,3-4,15H2,1-2H3/t18-/m1/s1. The molecule has 6 heteroatoms. The average molecular weight is 374 g/mol. The van der Waals surface area contributed by atoms with Crippen molar-refractivity contribution in [3.05, 3.63) is 60.7 Å². The van der Waals surface area contributed by atoms with Crippen LogP contribution in [0.4, 0.5) is 0 Å². The smallest absolute Gasteiger partial charge is 0.317 e. The highest BCUT2D eigenvalue weighted by Gasteiger charge is 2.43. The monoisotopic (exact) mass is 374 g/mol. The van der Waals surface area contributed by atoms with Gasteiger partial charge in [0.2, 0.25) is 0 Å². The van der Waals surface area contributed by atoms with Gasteiger partial charge >= 0.3 is 11.9 Å². The van der Waals surface area contributed by atoms with E-state index in [1.54, 1.807) is 62.4 Å². The van der Waals surface area contributed by atoms with Crippen LogP contribution in [0.25, 0.3) is 0 Å². The van der Waals surface area contributed by atoms with Gasteiger partial charge in [0, 0.05) is 10.6 Å². The number of carbonyl (C=O) groups is 2. The van der Waals surface area contributed by atoms with E-state index in [-0.39, 0.29) is 19.6 Å². The van der Waals surface area contributed by atoms with Gasteiger partial charge in [0.05, 0.1) is 19.6 Å². The molecular formula is C20H23O5P. The van der Waals surface area contributed by atoms with E-state index >= 15 is 0 Å². The second-order valence-corrected chi connectivity index (χ2v) is 8.58. The molecule has 0 heterocycles. The lowest BCUT2D eigenvalue weighted by Gasteiger charge is -2.26. The lowest BCUT2D eigenvalue weighted by Crippen LogP contribution is -2.35. The van der Waals surface area contributed by atoms with Gasteiger partial charge in [-0.1, -0.05) is 60.7 Å². The molecule has 2 aromatic carbocycles. The SMILES string of the molecule is CCOC(=O)C[C@H](C(=O)OCC)P(=O)(c1ccccc1)c1ccccc1. The zero-order valence-electron chi connectivity index (χ0n) is 15.0. The van der Waals surface area contributed by atoms with Gasteiger partial charge in [0.15, 0.2) is 7.14 Å². The summed E-state index contributed by atoms with van der Waals surface area (Å²) < 4.78 is 24.4. The fraction of sp³-hybridized carbons (Fsp3) is 0.300. The van der Waals surface area contributed by atoms with Crippen molar-refractivity contribution in [3.63, 3.8) is 0 Å². The van der Waals surface area contributed by atoms with Gasteiger partial charge in [-0.25, -0.2) is 0 Å². The van der Waals surface area contributed by atoms with E-state index < -0.39 is 24.7 Å². The van der Waals surface area contributed by atoms with Gasteiger partial charge in [0.1, 0.15) is 5.66 Å². The van der Waals surface area contributed by atoms with Crippen LogP contribution in [0.3, 0.4) is 0 Å². The third-order valence-electron chi connectivity index (χ3n) is 3.94. The minimum atomic E-state index is -3.47. The molecule has 0 bridgehead atoms. The fourth-order valence-corrected chi connectivity index (χ4v) is 5.81. The van der Waals surface area contributed by atoms with Gasteiger partial charge in [-0.2, -0.15) is 0 Å². The molecule has 0 aliphatic heterocycles. The van der Waals surface area contributed by atoms with Crippen LogP contribution in [0.5, 0.6) is 0 Å². The maximum Gasteiger partial charge on any atom is 0.317 e. The summed E-state index contributed by atoms with van der Waals surface area (Å²) in [5.41, 5.74) is -1.13. The van der Waals surface area contributed by atoms with E-state index in [1.807, 2.05) is 12.1 Å². The van der Waals surface area contributed by atoms with Crippen molar-refractivity contribution < 1.29 is 23.6 Å². The molecule has 0 spiro atoms. The largest absolute Gasteiger partial charge is 0.466 e. The first kappa shape index (κ1) is 19.9. The maximum atomic E-state index is 14.3. The summed E-state index contributed by atoms with van der Waals surface area (Å²) in [6.07, 6.45) is -0.298. The van der Waals surface area contributed by atoms with Crippen molar-refractivity contribution in [2.45, 2.75) is 25.9 Å². The van der Waals surface area contributed by atoms with Gasteiger partial charge in [-0.15, -0.1) is 0 Å². The Hall–Kier alpha value is -2.39. The Morgan fingerprint density at radius 2 is 1.31 bits per heavy atom. The Morgan fingerprint density at radius 3 is 1.73 bits per heavy atom. The molecule has 2 aromatic rings. The quantitative estimate of drug-likeness (QED) is 0.525. The van der Waals surface area contributed by atoms with Crippen LogP contribution in [-0.4, -0.2) is 30.8 Å². The van der Waals surface area contributed by atoms with Crippen LogP contribution >= 0.6 is 7.14 Å². The molecule has 0 unspecified atom stereocenters. The normalized spacial score (nSPS) is 12.2. The van der Waals surface area contributed by atoms with Gasteiger partial charge < -0.3 is 14.0 Å². The molecule has 26 heavy (non-hydrogen) atoms. The number of rotatable bonds is 8. The van der Waals surface area contributed by atoms with Gasteiger partial charge in [-0.05, 0) is 13.8 Å². The number of esters is 2. The predicted molar refractivity (Wildman–Crippen MR) is 101 cm³/mol. The number of ether oxygens (including phenoxy) is 2. The Bertz CT molecular complexity index is 730. The van der Waals surface area contributed by atoms with Crippen molar-refractivity contribution in [1.29, 1.82) is 0 Å². The van der Waals surface area contributed by atoms with Crippen molar-refractivity contribution in [3.8, 4) is 0 Å². The predicted octanol–water partition coefficient (Wildman–Crippen LogP) is 2.89. The second-order valence-electron chi connectivity index (χ2n) is 5.61. The van der Waals surface area contributed by atoms with Crippen LogP contribution in [0.2, 0.25) is 0 Å². The van der Waals surface area contributed by atoms with Gasteiger partial charge in [-0.3, -0.25) is 9.59 Å². The topological polar surface area (TPSA) is 69.7 Å². The molecule has 0 saturated heterocycles. The number of benzene rings is 2. The van der Waals surface area contributed by atoms with E-state index in [0.717, 1.165) is 0 Å². The second kappa shape index (κ2) is 9.35. The van der Waals surface area contributed by atoms with E-state index in [9.17, 15) is 14.2 Å². The minimum Gasteiger partial charge on any atom is -0.466 e. The van der Waals surface area contributed by atoms with Crippen LogP contribution < -0.4 is 10.6 Å². The molecule has 0 amide bonds. The first-order valence-corrected chi connectivity index (χ1v) is 10.3. The van der Waals surface area contributed by atoms with Crippen molar-refractivity contribution in [1.82, 2.24) is 0 Å². The Balaban J connectivity index is 2.60. The van der Waals surface area contributed by atoms with Crippen LogP contribution in [-0.2, 0) is 23.6 Å². The Kier molecular flexibility index (Phi) is 7.16. The fourth-order valence-electron chi connectivity index (χ4n) is 2.78. The molecule has 5 nitrogen and oxygen atoms in total. The van der Waals surface area contributed by atoms with Crippen molar-refractivity contribution in [2.24, 2.45) is 0 Å². The summed E-state index contributed by atoms with van der Waals surface area (Å²) in [6, 6.07) is 17.5. The van der Waals surface area contributed by atoms with Crippen LogP contribution in [0.1, 0.15) is 20.3 Å². The molecule has 0 aliphatic rings. The molecule has 0 saturated carbocycles. The number of hydrogen-bond donors (Lipinski definition) is 0. The molecular weight excluding hydrogens is 351 g/mol. The summed E-state index contributed by atoms with van der Waals surface area (Å²) in [7, 11) is -3.47. The summed E-state index contributed by atoms with van der Waals surface area (Å²) in [5.74, 6) is -1.23. The summed E-state index contributed by atoms with van der Waals surface area (Å²) in [5, 5.41) is 1.02. The van der Waals surface area contributed by atoms with Crippen molar-refractivity contribution >= 4 is 29.7 Å². The lowest BCUT2D eigenvalue weighted by atomic mass is 10.3. The van der Waals surface area contributed by atoms with E-state index in [0.29, 0.717) is 10.6 Å². The molecule has 0 radical (unpaired) electrons. The number of carbonyl (C=O) groups excluding carboxylic acids is 2. The Labute approximate surface area is 153 Å². The first-order valence-electron chi connectivity index (χ1n) is 8.57. The summed E-state index contributed by atoms with van der Waals surface area (Å²) >= 11 is 0. The van der Waals surface area contributed by atoms with E-state index in [2.05, 4.69) is 0 Å². The Morgan fingerprint density at radius 1 is 0.846 bits per heavy atom. The molecule has 1 atom stereocenters. The van der Waals surface area contributed by atoms with E-state index in [1.165, 1.54) is 0 Å². The van der Waals surface area contributed by atoms with Crippen molar-refractivity contribution in [2.75, 3.05) is 13.2 Å². The highest BCUT2D eigenvalue weighted by atomic mass is 31.2. The minimum absolute atomic E-state index is 0.141. The number of hydrogen-bond acceptors (Lipinski definition) is 5. The molecule has 0 aromatic heterocycles. The molecule has 0 N–H and O–H groups in total. The molecule has 138 valence electrons. The third kappa shape index (κ3) is 4.41. The highest BCUT2D eigenvalue weighted by Crippen LogP contribution is 2.50. The van der Waals surface area contributed by atoms with E-state index in [4.69, 9.17) is 9.47 Å². The zero-order valence-corrected chi connectivity index (χ0v) is 15.9. The first-order chi connectivity index (χ1) is 12.5. The van der Waals surface area contributed by atoms with Crippen LogP contribution in [0, 0.1) is 0 Å². The summed E-state index contributed by atoms with van der Waals surface area (Å²) in [6.45, 7) is 3.69. The summed E-state index contributed by atoms with van der Waals surface area (Å²) in [4.78, 5) is 24.8. The lowest BCUT2D eigenvalue weighted by molar-refractivity contribution is -0.149. The zero-order chi connectivity index (χ0) is 19.0. The molecule has 2 rings (SSSR count). The highest BCUT2D eigenvalue weighted by molar-refractivity contribution is 7.80. The molecule has 0 fully saturated rings. The maximum absolute atomic E-state index is 14.3. The van der Waals surface area contributed by atoms with Gasteiger partial charge in [0.25, 0.3) is 0 Å². The average Bonchev–Trinajstić information content (AvgIpc) is 2.67. The third-order valence-corrected chi connectivity index (χ3v) is 7.34. The molecule has 0 aliphatic carbocycles. The van der Waals surface area contributed by atoms with Crippen LogP contribution in [0.15, 0.2) is 60.7 Å².